The lowest BCUT2D eigenvalue weighted by molar-refractivity contribution is 0.104. The number of nitrogens with one attached hydrogen (secondary N) is 1. The summed E-state index contributed by atoms with van der Waals surface area (Å²) >= 11 is 0. The van der Waals surface area contributed by atoms with E-state index in [1.54, 1.807) is 37.4 Å². The number of carbonyl (C=O) groups is 1. The number of aryl methyl sites for hydroxylation is 1. The molecule has 0 saturated heterocycles. The second-order valence-corrected chi connectivity index (χ2v) is 8.76. The maximum Gasteiger partial charge on any atom is 0.294 e. The van der Waals surface area contributed by atoms with Gasteiger partial charge in [0.15, 0.2) is 5.78 Å². The Morgan fingerprint density at radius 3 is 2.23 bits per heavy atom. The molecule has 1 heterocycles. The van der Waals surface area contributed by atoms with Crippen molar-refractivity contribution in [2.45, 2.75) is 4.90 Å². The Bertz CT molecular complexity index is 1570. The number of anilines is 2. The van der Waals surface area contributed by atoms with Crippen LogP contribution < -0.4 is 10.9 Å². The summed E-state index contributed by atoms with van der Waals surface area (Å²) in [6.07, 6.45) is 0. The monoisotopic (exact) mass is 432 g/mol. The first-order valence-corrected chi connectivity index (χ1v) is 10.8. The molecule has 31 heavy (non-hydrogen) atoms. The maximum absolute atomic E-state index is 13.4. The fourth-order valence-corrected chi connectivity index (χ4v) is 4.50. The molecule has 7 nitrogen and oxygen atoms in total. The minimum atomic E-state index is -4.30. The highest BCUT2D eigenvalue weighted by Gasteiger charge is 2.29. The zero-order valence-corrected chi connectivity index (χ0v) is 17.1. The minimum Gasteiger partial charge on any atom is -0.355 e. The fraction of sp³-hybridized carbons (Fsp3) is 0.0435. The van der Waals surface area contributed by atoms with Gasteiger partial charge >= 0.3 is 0 Å². The molecule has 1 aliphatic rings. The smallest absolute Gasteiger partial charge is 0.294 e. The van der Waals surface area contributed by atoms with Crippen LogP contribution >= 0.6 is 0 Å². The summed E-state index contributed by atoms with van der Waals surface area (Å²) in [6, 6.07) is 17.8. The Labute approximate surface area is 177 Å². The van der Waals surface area contributed by atoms with Crippen LogP contribution in [0.4, 0.5) is 11.4 Å². The summed E-state index contributed by atoms with van der Waals surface area (Å²) in [7, 11) is -2.63. The zero-order chi connectivity index (χ0) is 21.9. The highest BCUT2D eigenvalue weighted by Crippen LogP contribution is 2.41. The SMILES string of the molecule is Cn1c(=O)cc2c3c(c(Nc4ccc(S(=O)(=O)O)cc4)ccc31)C(=O)c1ccccc1-2. The molecule has 0 unspecified atom stereocenters. The van der Waals surface area contributed by atoms with Crippen LogP contribution in [0.1, 0.15) is 15.9 Å². The maximum atomic E-state index is 13.4. The Morgan fingerprint density at radius 1 is 0.871 bits per heavy atom. The lowest BCUT2D eigenvalue weighted by Gasteiger charge is -2.23. The number of hydrogen-bond donors (Lipinski definition) is 2. The molecule has 154 valence electrons. The molecule has 2 N–H and O–H groups in total. The molecular weight excluding hydrogens is 416 g/mol. The van der Waals surface area contributed by atoms with Crippen molar-refractivity contribution in [2.75, 3.05) is 5.32 Å². The fourth-order valence-electron chi connectivity index (χ4n) is 4.02. The average Bonchev–Trinajstić information content (AvgIpc) is 2.75. The standard InChI is InChI=1S/C23H16N2O5S/c1-25-19-11-10-18(24-13-6-8-14(9-7-13)31(28,29)30)22-21(19)17(12-20(25)26)15-4-2-3-5-16(15)23(22)27/h2-12,24H,1H3,(H,28,29,30). The van der Waals surface area contributed by atoms with E-state index >= 15 is 0 Å². The largest absolute Gasteiger partial charge is 0.355 e. The van der Waals surface area contributed by atoms with E-state index in [1.165, 1.54) is 28.8 Å². The first kappa shape index (κ1) is 19.2. The van der Waals surface area contributed by atoms with Crippen molar-refractivity contribution >= 4 is 38.2 Å². The lowest BCUT2D eigenvalue weighted by atomic mass is 9.83. The third-order valence-corrected chi connectivity index (χ3v) is 6.40. The summed E-state index contributed by atoms with van der Waals surface area (Å²) in [6.45, 7) is 0. The van der Waals surface area contributed by atoms with Crippen LogP contribution in [-0.4, -0.2) is 23.3 Å². The van der Waals surface area contributed by atoms with E-state index in [1.807, 2.05) is 12.1 Å². The second kappa shape index (κ2) is 6.63. The molecule has 0 radical (unpaired) electrons. The van der Waals surface area contributed by atoms with Crippen LogP contribution in [0.5, 0.6) is 0 Å². The predicted molar refractivity (Wildman–Crippen MR) is 118 cm³/mol. The molecule has 4 aromatic rings. The van der Waals surface area contributed by atoms with E-state index in [0.717, 1.165) is 5.56 Å². The van der Waals surface area contributed by atoms with Gasteiger partial charge < -0.3 is 9.88 Å². The first-order valence-electron chi connectivity index (χ1n) is 9.41. The van der Waals surface area contributed by atoms with Gasteiger partial charge in [0.1, 0.15) is 0 Å². The van der Waals surface area contributed by atoms with E-state index in [2.05, 4.69) is 5.32 Å². The van der Waals surface area contributed by atoms with Gasteiger partial charge in [0.05, 0.1) is 21.7 Å². The summed E-state index contributed by atoms with van der Waals surface area (Å²) in [5, 5.41) is 3.85. The molecule has 5 rings (SSSR count). The van der Waals surface area contributed by atoms with Gasteiger partial charge in [-0.1, -0.05) is 24.3 Å². The highest BCUT2D eigenvalue weighted by molar-refractivity contribution is 7.85. The Morgan fingerprint density at radius 2 is 1.55 bits per heavy atom. The molecule has 3 aromatic carbocycles. The minimum absolute atomic E-state index is 0.163. The van der Waals surface area contributed by atoms with E-state index in [0.29, 0.717) is 39.0 Å². The highest BCUT2D eigenvalue weighted by atomic mass is 32.2. The number of hydrogen-bond acceptors (Lipinski definition) is 5. The van der Waals surface area contributed by atoms with Crippen LogP contribution in [0, 0.1) is 0 Å². The lowest BCUT2D eigenvalue weighted by Crippen LogP contribution is -2.21. The van der Waals surface area contributed by atoms with E-state index < -0.39 is 10.1 Å². The van der Waals surface area contributed by atoms with Crippen LogP contribution in [0.3, 0.4) is 0 Å². The molecule has 1 aromatic heterocycles. The second-order valence-electron chi connectivity index (χ2n) is 7.34. The molecule has 0 saturated carbocycles. The number of ketones is 1. The van der Waals surface area contributed by atoms with Crippen LogP contribution in [-0.2, 0) is 17.2 Å². The molecule has 0 bridgehead atoms. The summed E-state index contributed by atoms with van der Waals surface area (Å²) in [4.78, 5) is 25.7. The molecule has 8 heteroatoms. The normalized spacial score (nSPS) is 12.6. The van der Waals surface area contributed by atoms with Gasteiger partial charge in [0, 0.05) is 29.8 Å². The van der Waals surface area contributed by atoms with Gasteiger partial charge in [-0.25, -0.2) is 0 Å². The summed E-state index contributed by atoms with van der Waals surface area (Å²) in [5.74, 6) is -0.163. The van der Waals surface area contributed by atoms with Crippen LogP contribution in [0.15, 0.2) is 76.4 Å². The van der Waals surface area contributed by atoms with Crippen molar-refractivity contribution in [3.05, 3.63) is 88.2 Å². The Balaban J connectivity index is 1.74. The molecule has 0 spiro atoms. The van der Waals surface area contributed by atoms with Crippen LogP contribution in [0.2, 0.25) is 0 Å². The third kappa shape index (κ3) is 2.96. The number of rotatable bonds is 3. The van der Waals surface area contributed by atoms with E-state index in [-0.39, 0.29) is 16.2 Å². The van der Waals surface area contributed by atoms with Gasteiger partial charge in [-0.15, -0.1) is 0 Å². The van der Waals surface area contributed by atoms with Gasteiger partial charge in [-0.3, -0.25) is 14.1 Å². The number of nitrogens with zero attached hydrogens (tertiary/aromatic N) is 1. The number of fused-ring (bicyclic) bond motifs is 2. The number of aromatic nitrogens is 1. The van der Waals surface area contributed by atoms with Gasteiger partial charge in [0.25, 0.3) is 15.7 Å². The van der Waals surface area contributed by atoms with Crippen molar-refractivity contribution in [2.24, 2.45) is 7.05 Å². The Kier molecular flexibility index (Phi) is 4.11. The molecule has 0 aliphatic heterocycles. The average molecular weight is 432 g/mol. The molecule has 0 fully saturated rings. The van der Waals surface area contributed by atoms with Crippen LogP contribution in [0.25, 0.3) is 22.0 Å². The summed E-state index contributed by atoms with van der Waals surface area (Å²) < 4.78 is 33.2. The van der Waals surface area contributed by atoms with E-state index in [4.69, 9.17) is 4.55 Å². The topological polar surface area (TPSA) is 105 Å². The molecule has 0 atom stereocenters. The van der Waals surface area contributed by atoms with Gasteiger partial charge in [-0.2, -0.15) is 8.42 Å². The zero-order valence-electron chi connectivity index (χ0n) is 16.3. The number of pyridine rings is 1. The molecular formula is C23H16N2O5S. The van der Waals surface area contributed by atoms with Gasteiger partial charge in [0.2, 0.25) is 0 Å². The third-order valence-electron chi connectivity index (χ3n) is 5.53. The number of carbonyl (C=O) groups excluding carboxylic acids is 1. The Hall–Kier alpha value is -3.75. The van der Waals surface area contributed by atoms with E-state index in [9.17, 15) is 18.0 Å². The predicted octanol–water partition coefficient (Wildman–Crippen LogP) is 3.74. The van der Waals surface area contributed by atoms with Crippen molar-refractivity contribution in [1.29, 1.82) is 0 Å². The van der Waals surface area contributed by atoms with Gasteiger partial charge in [-0.05, 0) is 47.5 Å². The van der Waals surface area contributed by atoms with Crippen molar-refractivity contribution < 1.29 is 17.8 Å². The van der Waals surface area contributed by atoms with Crippen molar-refractivity contribution in [1.82, 2.24) is 4.57 Å². The molecule has 0 amide bonds. The number of benzene rings is 3. The quantitative estimate of drug-likeness (QED) is 0.421. The molecule has 1 aliphatic carbocycles. The van der Waals surface area contributed by atoms with Crippen molar-refractivity contribution in [3.8, 4) is 11.1 Å². The summed E-state index contributed by atoms with van der Waals surface area (Å²) in [5.41, 5.74) is 3.94. The van der Waals surface area contributed by atoms with Crippen molar-refractivity contribution in [3.63, 3.8) is 0 Å². The first-order chi connectivity index (χ1) is 14.8.